The Morgan fingerprint density at radius 2 is 2.47 bits per heavy atom. The summed E-state index contributed by atoms with van der Waals surface area (Å²) in [5.41, 5.74) is 0. The van der Waals surface area contributed by atoms with Gasteiger partial charge >= 0.3 is 0 Å². The lowest BCUT2D eigenvalue weighted by Gasteiger charge is -2.14. The summed E-state index contributed by atoms with van der Waals surface area (Å²) >= 11 is 0. The zero-order valence-corrected chi connectivity index (χ0v) is 9.58. The minimum absolute atomic E-state index is 0.251. The molecule has 0 saturated carbocycles. The molecular formula is C11H23NO3. The van der Waals surface area contributed by atoms with Crippen molar-refractivity contribution in [3.05, 3.63) is 0 Å². The molecule has 4 heteroatoms. The minimum Gasteiger partial charge on any atom is -0.389 e. The van der Waals surface area contributed by atoms with Crippen LogP contribution in [0.1, 0.15) is 26.2 Å². The molecule has 1 aliphatic rings. The minimum atomic E-state index is -0.405. The Hall–Kier alpha value is -0.160. The Kier molecular flexibility index (Phi) is 6.92. The third-order valence-corrected chi connectivity index (χ3v) is 2.44. The van der Waals surface area contributed by atoms with Crippen molar-refractivity contribution in [1.82, 2.24) is 5.32 Å². The molecule has 2 N–H and O–H groups in total. The molecule has 15 heavy (non-hydrogen) atoms. The molecule has 0 aromatic heterocycles. The van der Waals surface area contributed by atoms with Crippen LogP contribution in [0.4, 0.5) is 0 Å². The molecule has 1 heterocycles. The first-order valence-electron chi connectivity index (χ1n) is 5.91. The molecule has 4 nitrogen and oxygen atoms in total. The number of ether oxygens (including phenoxy) is 2. The first-order chi connectivity index (χ1) is 7.33. The predicted molar refractivity (Wildman–Crippen MR) is 59.0 cm³/mol. The van der Waals surface area contributed by atoms with Crippen molar-refractivity contribution in [3.8, 4) is 0 Å². The SMILES string of the molecule is CCCNCC(O)COCC1CCCO1. The van der Waals surface area contributed by atoms with Gasteiger partial charge in [0.25, 0.3) is 0 Å². The zero-order valence-electron chi connectivity index (χ0n) is 9.58. The van der Waals surface area contributed by atoms with Crippen LogP contribution in [0.2, 0.25) is 0 Å². The summed E-state index contributed by atoms with van der Waals surface area (Å²) in [4.78, 5) is 0. The van der Waals surface area contributed by atoms with E-state index in [0.29, 0.717) is 19.8 Å². The van der Waals surface area contributed by atoms with Gasteiger partial charge in [-0.05, 0) is 25.8 Å². The van der Waals surface area contributed by atoms with Crippen molar-refractivity contribution in [2.24, 2.45) is 0 Å². The molecule has 0 aromatic rings. The van der Waals surface area contributed by atoms with Crippen LogP contribution in [0.3, 0.4) is 0 Å². The van der Waals surface area contributed by atoms with Crippen LogP contribution in [0.15, 0.2) is 0 Å². The van der Waals surface area contributed by atoms with E-state index in [4.69, 9.17) is 9.47 Å². The fourth-order valence-corrected chi connectivity index (χ4v) is 1.62. The van der Waals surface area contributed by atoms with Gasteiger partial charge in [0.15, 0.2) is 0 Å². The van der Waals surface area contributed by atoms with Gasteiger partial charge in [-0.3, -0.25) is 0 Å². The standard InChI is InChI=1S/C11H23NO3/c1-2-5-12-7-10(13)8-14-9-11-4-3-6-15-11/h10-13H,2-9H2,1H3. The summed E-state index contributed by atoms with van der Waals surface area (Å²) in [5.74, 6) is 0. The summed E-state index contributed by atoms with van der Waals surface area (Å²) in [7, 11) is 0. The third kappa shape index (κ3) is 6.10. The van der Waals surface area contributed by atoms with Gasteiger partial charge in [-0.1, -0.05) is 6.92 Å². The Labute approximate surface area is 92.0 Å². The molecule has 0 aliphatic carbocycles. The van der Waals surface area contributed by atoms with Crippen molar-refractivity contribution in [1.29, 1.82) is 0 Å². The van der Waals surface area contributed by atoms with E-state index in [9.17, 15) is 5.11 Å². The lowest BCUT2D eigenvalue weighted by Crippen LogP contribution is -2.31. The highest BCUT2D eigenvalue weighted by Crippen LogP contribution is 2.11. The van der Waals surface area contributed by atoms with Gasteiger partial charge in [-0.15, -0.1) is 0 Å². The molecule has 0 bridgehead atoms. The van der Waals surface area contributed by atoms with Gasteiger partial charge in [-0.2, -0.15) is 0 Å². The van der Waals surface area contributed by atoms with E-state index in [1.165, 1.54) is 0 Å². The van der Waals surface area contributed by atoms with Gasteiger partial charge in [0.05, 0.1) is 25.4 Å². The molecule has 2 unspecified atom stereocenters. The number of hydrogen-bond donors (Lipinski definition) is 2. The van der Waals surface area contributed by atoms with Gasteiger partial charge in [0.1, 0.15) is 0 Å². The average molecular weight is 217 g/mol. The van der Waals surface area contributed by atoms with Crippen molar-refractivity contribution >= 4 is 0 Å². The molecule has 90 valence electrons. The first-order valence-corrected chi connectivity index (χ1v) is 5.91. The second-order valence-corrected chi connectivity index (χ2v) is 4.03. The normalized spacial score (nSPS) is 23.2. The molecule has 2 atom stereocenters. The Morgan fingerprint density at radius 3 is 3.13 bits per heavy atom. The molecule has 1 saturated heterocycles. The van der Waals surface area contributed by atoms with Crippen molar-refractivity contribution in [2.75, 3.05) is 32.9 Å². The maximum atomic E-state index is 9.52. The van der Waals surface area contributed by atoms with Crippen LogP contribution in [0, 0.1) is 0 Å². The van der Waals surface area contributed by atoms with E-state index in [0.717, 1.165) is 32.4 Å². The number of hydrogen-bond acceptors (Lipinski definition) is 4. The second-order valence-electron chi connectivity index (χ2n) is 4.03. The molecule has 0 amide bonds. The maximum Gasteiger partial charge on any atom is 0.0897 e. The van der Waals surface area contributed by atoms with E-state index >= 15 is 0 Å². The number of rotatable bonds is 8. The van der Waals surface area contributed by atoms with E-state index < -0.39 is 6.10 Å². The monoisotopic (exact) mass is 217 g/mol. The quantitative estimate of drug-likeness (QED) is 0.583. The molecule has 1 rings (SSSR count). The van der Waals surface area contributed by atoms with E-state index in [1.807, 2.05) is 0 Å². The van der Waals surface area contributed by atoms with Gasteiger partial charge in [0, 0.05) is 13.2 Å². The topological polar surface area (TPSA) is 50.7 Å². The lowest BCUT2D eigenvalue weighted by atomic mass is 10.2. The van der Waals surface area contributed by atoms with Crippen LogP contribution < -0.4 is 5.32 Å². The van der Waals surface area contributed by atoms with Crippen molar-refractivity contribution < 1.29 is 14.6 Å². The molecule has 0 radical (unpaired) electrons. The third-order valence-electron chi connectivity index (χ3n) is 2.44. The fraction of sp³-hybridized carbons (Fsp3) is 1.00. The summed E-state index contributed by atoms with van der Waals surface area (Å²) in [5, 5.41) is 12.7. The summed E-state index contributed by atoms with van der Waals surface area (Å²) in [6, 6.07) is 0. The lowest BCUT2D eigenvalue weighted by molar-refractivity contribution is -0.0163. The van der Waals surface area contributed by atoms with Crippen LogP contribution in [-0.2, 0) is 9.47 Å². The second kappa shape index (κ2) is 8.05. The largest absolute Gasteiger partial charge is 0.389 e. The molecule has 1 aliphatic heterocycles. The van der Waals surface area contributed by atoms with E-state index in [1.54, 1.807) is 0 Å². The highest BCUT2D eigenvalue weighted by atomic mass is 16.5. The van der Waals surface area contributed by atoms with Gasteiger partial charge in [0.2, 0.25) is 0 Å². The highest BCUT2D eigenvalue weighted by Gasteiger charge is 2.15. The van der Waals surface area contributed by atoms with E-state index in [-0.39, 0.29) is 6.10 Å². The van der Waals surface area contributed by atoms with Crippen LogP contribution in [0.5, 0.6) is 0 Å². The molecule has 0 aromatic carbocycles. The van der Waals surface area contributed by atoms with Crippen molar-refractivity contribution in [2.45, 2.75) is 38.4 Å². The average Bonchev–Trinajstić information content (AvgIpc) is 2.71. The number of nitrogens with one attached hydrogen (secondary N) is 1. The Morgan fingerprint density at radius 1 is 1.60 bits per heavy atom. The fourth-order valence-electron chi connectivity index (χ4n) is 1.62. The molecular weight excluding hydrogens is 194 g/mol. The zero-order chi connectivity index (χ0) is 10.9. The summed E-state index contributed by atoms with van der Waals surface area (Å²) < 4.78 is 10.8. The predicted octanol–water partition coefficient (Wildman–Crippen LogP) is 0.542. The summed E-state index contributed by atoms with van der Waals surface area (Å²) in [6.07, 6.45) is 3.15. The number of aliphatic hydroxyl groups is 1. The van der Waals surface area contributed by atoms with Gasteiger partial charge < -0.3 is 19.9 Å². The Bertz CT molecular complexity index is 149. The smallest absolute Gasteiger partial charge is 0.0897 e. The van der Waals surface area contributed by atoms with Crippen LogP contribution >= 0.6 is 0 Å². The van der Waals surface area contributed by atoms with Crippen LogP contribution in [-0.4, -0.2) is 50.2 Å². The maximum absolute atomic E-state index is 9.52. The highest BCUT2D eigenvalue weighted by molar-refractivity contribution is 4.64. The number of aliphatic hydroxyl groups excluding tert-OH is 1. The molecule has 1 fully saturated rings. The first kappa shape index (κ1) is 12.9. The Balaban J connectivity index is 1.89. The van der Waals surface area contributed by atoms with E-state index in [2.05, 4.69) is 12.2 Å². The molecule has 0 spiro atoms. The van der Waals surface area contributed by atoms with Crippen LogP contribution in [0.25, 0.3) is 0 Å². The van der Waals surface area contributed by atoms with Crippen molar-refractivity contribution in [3.63, 3.8) is 0 Å². The van der Waals surface area contributed by atoms with Gasteiger partial charge in [-0.25, -0.2) is 0 Å². The summed E-state index contributed by atoms with van der Waals surface area (Å²) in [6.45, 7) is 5.53.